The molecule has 1 aromatic heterocycles. The topological polar surface area (TPSA) is 49.0 Å². The minimum Gasteiger partial charge on any atom is -0.357 e. The molecule has 0 aliphatic rings. The van der Waals surface area contributed by atoms with Crippen LogP contribution in [0.2, 0.25) is 0 Å². The first-order valence-corrected chi connectivity index (χ1v) is 8.25. The first kappa shape index (κ1) is 16.2. The lowest BCUT2D eigenvalue weighted by molar-refractivity contribution is 0.884. The van der Waals surface area contributed by atoms with Crippen LogP contribution in [0, 0.1) is 13.8 Å². The van der Waals surface area contributed by atoms with E-state index in [0.717, 1.165) is 16.9 Å². The number of aromatic nitrogens is 1. The Morgan fingerprint density at radius 2 is 1.79 bits per heavy atom. The number of pyridine rings is 1. The Morgan fingerprint density at radius 1 is 1.00 bits per heavy atom. The van der Waals surface area contributed by atoms with Gasteiger partial charge >= 0.3 is 0 Å². The third-order valence-electron chi connectivity index (χ3n) is 3.85. The fourth-order valence-electron chi connectivity index (χ4n) is 2.57. The van der Waals surface area contributed by atoms with Crippen molar-refractivity contribution in [1.82, 2.24) is 15.7 Å². The van der Waals surface area contributed by atoms with Gasteiger partial charge in [-0.25, -0.2) is 4.98 Å². The number of nitrogens with zero attached hydrogens (tertiary/aromatic N) is 1. The van der Waals surface area contributed by atoms with Crippen molar-refractivity contribution in [2.45, 2.75) is 20.4 Å². The van der Waals surface area contributed by atoms with Gasteiger partial charge in [0.25, 0.3) is 0 Å². The minimum atomic E-state index is 0.531. The molecular weight excluding hydrogens is 316 g/mol. The summed E-state index contributed by atoms with van der Waals surface area (Å²) >= 11 is 5.29. The van der Waals surface area contributed by atoms with Crippen LogP contribution in [-0.2, 0) is 6.54 Å². The van der Waals surface area contributed by atoms with E-state index < -0.39 is 0 Å². The summed E-state index contributed by atoms with van der Waals surface area (Å²) in [5.41, 5.74) is 10.6. The number of nitrogens with one attached hydrogen (secondary N) is 3. The second-order valence-electron chi connectivity index (χ2n) is 5.71. The zero-order valence-electron chi connectivity index (χ0n) is 13.8. The highest BCUT2D eigenvalue weighted by atomic mass is 32.1. The Hall–Kier alpha value is -2.66. The molecule has 0 saturated carbocycles. The summed E-state index contributed by atoms with van der Waals surface area (Å²) in [5.74, 6) is 0.748. The predicted molar refractivity (Wildman–Crippen MR) is 104 cm³/mol. The van der Waals surface area contributed by atoms with Crippen LogP contribution in [0.3, 0.4) is 0 Å². The van der Waals surface area contributed by atoms with Crippen LogP contribution in [0.5, 0.6) is 0 Å². The molecule has 24 heavy (non-hydrogen) atoms. The van der Waals surface area contributed by atoms with Crippen molar-refractivity contribution in [2.75, 3.05) is 5.43 Å². The molecule has 0 amide bonds. The van der Waals surface area contributed by atoms with Gasteiger partial charge in [0.2, 0.25) is 0 Å². The molecule has 0 saturated heterocycles. The van der Waals surface area contributed by atoms with Crippen molar-refractivity contribution in [3.8, 4) is 0 Å². The zero-order chi connectivity index (χ0) is 16.9. The molecule has 0 radical (unpaired) electrons. The van der Waals surface area contributed by atoms with Gasteiger partial charge in [0.05, 0.1) is 5.52 Å². The fourth-order valence-corrected chi connectivity index (χ4v) is 2.69. The summed E-state index contributed by atoms with van der Waals surface area (Å²) in [4.78, 5) is 4.66. The van der Waals surface area contributed by atoms with Crippen LogP contribution in [0.1, 0.15) is 16.7 Å². The first-order chi connectivity index (χ1) is 11.6. The van der Waals surface area contributed by atoms with Crippen molar-refractivity contribution in [2.24, 2.45) is 0 Å². The SMILES string of the molecule is Cc1cc(NNC(=S)NCc2ccccc2)nc2c(C)cccc12. The molecule has 122 valence electrons. The Labute approximate surface area is 147 Å². The Morgan fingerprint density at radius 3 is 2.58 bits per heavy atom. The average Bonchev–Trinajstić information content (AvgIpc) is 2.60. The lowest BCUT2D eigenvalue weighted by atomic mass is 10.1. The van der Waals surface area contributed by atoms with E-state index in [1.807, 2.05) is 24.3 Å². The van der Waals surface area contributed by atoms with E-state index >= 15 is 0 Å². The molecule has 0 fully saturated rings. The highest BCUT2D eigenvalue weighted by Crippen LogP contribution is 2.22. The van der Waals surface area contributed by atoms with Gasteiger partial charge in [-0.15, -0.1) is 0 Å². The van der Waals surface area contributed by atoms with Gasteiger partial charge in [-0.1, -0.05) is 48.5 Å². The van der Waals surface area contributed by atoms with Gasteiger partial charge < -0.3 is 5.32 Å². The third-order valence-corrected chi connectivity index (χ3v) is 4.09. The zero-order valence-corrected chi connectivity index (χ0v) is 14.6. The average molecular weight is 336 g/mol. The quantitative estimate of drug-likeness (QED) is 0.499. The Balaban J connectivity index is 1.63. The molecule has 0 spiro atoms. The summed E-state index contributed by atoms with van der Waals surface area (Å²) in [6.07, 6.45) is 0. The van der Waals surface area contributed by atoms with E-state index in [9.17, 15) is 0 Å². The number of benzene rings is 2. The number of rotatable bonds is 4. The maximum atomic E-state index is 5.29. The molecule has 0 aliphatic carbocycles. The fraction of sp³-hybridized carbons (Fsp3) is 0.158. The van der Waals surface area contributed by atoms with Gasteiger partial charge in [0.1, 0.15) is 5.82 Å². The summed E-state index contributed by atoms with van der Waals surface area (Å²) in [5, 5.41) is 4.86. The van der Waals surface area contributed by atoms with Gasteiger partial charge in [-0.05, 0) is 48.8 Å². The van der Waals surface area contributed by atoms with E-state index in [2.05, 4.69) is 65.3 Å². The molecule has 5 heteroatoms. The highest BCUT2D eigenvalue weighted by Gasteiger charge is 2.05. The number of hydrogen-bond donors (Lipinski definition) is 3. The molecule has 0 unspecified atom stereocenters. The lowest BCUT2D eigenvalue weighted by Crippen LogP contribution is -2.38. The lowest BCUT2D eigenvalue weighted by Gasteiger charge is -2.14. The van der Waals surface area contributed by atoms with Crippen molar-refractivity contribution >= 4 is 34.1 Å². The van der Waals surface area contributed by atoms with E-state index in [1.165, 1.54) is 16.5 Å². The largest absolute Gasteiger partial charge is 0.357 e. The minimum absolute atomic E-state index is 0.531. The second kappa shape index (κ2) is 7.27. The number of hydrogen-bond acceptors (Lipinski definition) is 3. The van der Waals surface area contributed by atoms with Crippen LogP contribution in [0.4, 0.5) is 5.82 Å². The van der Waals surface area contributed by atoms with Crippen LogP contribution >= 0.6 is 12.2 Å². The number of fused-ring (bicyclic) bond motifs is 1. The summed E-state index contributed by atoms with van der Waals surface area (Å²) in [6.45, 7) is 4.83. The third kappa shape index (κ3) is 3.81. The summed E-state index contributed by atoms with van der Waals surface area (Å²) < 4.78 is 0. The van der Waals surface area contributed by atoms with Gasteiger partial charge in [-0.2, -0.15) is 0 Å². The maximum absolute atomic E-state index is 5.29. The molecule has 3 rings (SSSR count). The normalized spacial score (nSPS) is 10.4. The predicted octanol–water partition coefficient (Wildman–Crippen LogP) is 3.84. The summed E-state index contributed by atoms with van der Waals surface area (Å²) in [7, 11) is 0. The van der Waals surface area contributed by atoms with Gasteiger partial charge in [-0.3, -0.25) is 10.9 Å². The van der Waals surface area contributed by atoms with Crippen molar-refractivity contribution in [3.05, 3.63) is 71.3 Å². The smallest absolute Gasteiger partial charge is 0.185 e. The molecule has 0 bridgehead atoms. The Kier molecular flexibility index (Phi) is 4.91. The number of para-hydroxylation sites is 1. The van der Waals surface area contributed by atoms with Crippen LogP contribution < -0.4 is 16.2 Å². The monoisotopic (exact) mass is 336 g/mol. The standard InChI is InChI=1S/C19H20N4S/c1-13-7-6-10-16-14(2)11-17(21-18(13)16)22-23-19(24)20-12-15-8-4-3-5-9-15/h3-11H,12H2,1-2H3,(H,21,22)(H2,20,23,24). The number of anilines is 1. The van der Waals surface area contributed by atoms with Crippen LogP contribution in [-0.4, -0.2) is 10.1 Å². The molecule has 0 aliphatic heterocycles. The van der Waals surface area contributed by atoms with Crippen LogP contribution in [0.25, 0.3) is 10.9 Å². The highest BCUT2D eigenvalue weighted by molar-refractivity contribution is 7.80. The van der Waals surface area contributed by atoms with Crippen molar-refractivity contribution in [1.29, 1.82) is 0 Å². The molecule has 0 atom stereocenters. The van der Waals surface area contributed by atoms with E-state index in [1.54, 1.807) is 0 Å². The first-order valence-electron chi connectivity index (χ1n) is 7.84. The molecule has 1 heterocycles. The Bertz CT molecular complexity index is 862. The second-order valence-corrected chi connectivity index (χ2v) is 6.12. The van der Waals surface area contributed by atoms with Crippen molar-refractivity contribution < 1.29 is 0 Å². The molecule has 2 aromatic carbocycles. The van der Waals surface area contributed by atoms with Gasteiger partial charge in [0, 0.05) is 11.9 Å². The van der Waals surface area contributed by atoms with Crippen molar-refractivity contribution in [3.63, 3.8) is 0 Å². The van der Waals surface area contributed by atoms with E-state index in [0.29, 0.717) is 11.7 Å². The number of aryl methyl sites for hydroxylation is 2. The number of thiocarbonyl (C=S) groups is 1. The van der Waals surface area contributed by atoms with E-state index in [4.69, 9.17) is 12.2 Å². The summed E-state index contributed by atoms with van der Waals surface area (Å²) in [6, 6.07) is 18.4. The number of hydrazine groups is 1. The molecular formula is C19H20N4S. The van der Waals surface area contributed by atoms with E-state index in [-0.39, 0.29) is 0 Å². The molecule has 3 N–H and O–H groups in total. The molecule has 3 aromatic rings. The van der Waals surface area contributed by atoms with Gasteiger partial charge in [0.15, 0.2) is 5.11 Å². The molecule has 4 nitrogen and oxygen atoms in total. The van der Waals surface area contributed by atoms with Crippen LogP contribution in [0.15, 0.2) is 54.6 Å². The maximum Gasteiger partial charge on any atom is 0.185 e.